The predicted molar refractivity (Wildman–Crippen MR) is 61.8 cm³/mol. The molecule has 1 aromatic rings. The number of halogens is 1. The smallest absolute Gasteiger partial charge is 0.777 e. The van der Waals surface area contributed by atoms with Crippen molar-refractivity contribution in [2.45, 2.75) is 24.3 Å². The van der Waals surface area contributed by atoms with Crippen LogP contribution < -0.4 is 34.5 Å². The molecule has 2 rings (SSSR count). The largest absolute Gasteiger partial charge is 1.00 e. The molecule has 3 nitrogen and oxygen atoms in total. The minimum Gasteiger partial charge on any atom is -0.777 e. The summed E-state index contributed by atoms with van der Waals surface area (Å²) in [4.78, 5) is 5.97. The van der Waals surface area contributed by atoms with Crippen LogP contribution in [0.5, 0.6) is 0 Å². The van der Waals surface area contributed by atoms with Crippen LogP contribution in [0.1, 0.15) is 13.8 Å². The first-order chi connectivity index (χ1) is 7.39. The molecule has 1 fully saturated rings. The van der Waals surface area contributed by atoms with Crippen molar-refractivity contribution in [3.8, 4) is 0 Å². The topological polar surface area (TPSA) is 36.4 Å². The zero-order valence-corrected chi connectivity index (χ0v) is 13.1. The van der Waals surface area contributed by atoms with Crippen LogP contribution >= 0.6 is 0 Å². The first-order valence-corrected chi connectivity index (χ1v) is 5.59. The molecule has 0 saturated carbocycles. The van der Waals surface area contributed by atoms with Crippen LogP contribution in [0.3, 0.4) is 0 Å². The Morgan fingerprint density at radius 1 is 1.53 bits per heavy atom. The molecule has 0 spiro atoms. The van der Waals surface area contributed by atoms with Crippen LogP contribution in [0.2, 0.25) is 0 Å². The van der Waals surface area contributed by atoms with E-state index in [4.69, 9.17) is 12.6 Å². The van der Waals surface area contributed by atoms with E-state index >= 15 is 0 Å². The summed E-state index contributed by atoms with van der Waals surface area (Å²) in [5.74, 6) is 0.0159. The van der Waals surface area contributed by atoms with Crippen molar-refractivity contribution >= 4 is 18.4 Å². The van der Waals surface area contributed by atoms with Gasteiger partial charge in [0.1, 0.15) is 5.82 Å². The van der Waals surface area contributed by atoms with Gasteiger partial charge in [-0.2, -0.15) is 0 Å². The summed E-state index contributed by atoms with van der Waals surface area (Å²) in [5.41, 5.74) is -0.724. The molecule has 0 unspecified atom stereocenters. The standard InChI is InChI=1S/C11H15FN2OS.Na/c1-11(2,15)7-5-14(6-7)10-9(12)8(16)3-4-13-10;/h3-4,7,15H,5-6H2,1-2H3,(H,13,16);/q;+1/p-1. The predicted octanol–water partition coefficient (Wildman–Crippen LogP) is -1.66. The second-order valence-electron chi connectivity index (χ2n) is 4.70. The molecule has 1 aliphatic rings. The number of aliphatic hydroxyl groups is 1. The van der Waals surface area contributed by atoms with Crippen molar-refractivity contribution in [2.75, 3.05) is 18.0 Å². The van der Waals surface area contributed by atoms with E-state index in [9.17, 15) is 9.50 Å². The van der Waals surface area contributed by atoms with Crippen LogP contribution in [0.15, 0.2) is 17.2 Å². The minimum absolute atomic E-state index is 0. The number of aromatic nitrogens is 1. The molecule has 1 aliphatic heterocycles. The number of pyridine rings is 1. The zero-order valence-electron chi connectivity index (χ0n) is 10.3. The molecule has 2 heterocycles. The second kappa shape index (κ2) is 5.36. The molecule has 1 N–H and O–H groups in total. The van der Waals surface area contributed by atoms with E-state index in [1.807, 2.05) is 0 Å². The van der Waals surface area contributed by atoms with Crippen molar-refractivity contribution < 1.29 is 39.1 Å². The number of nitrogens with zero attached hydrogens (tertiary/aromatic N) is 2. The fourth-order valence-corrected chi connectivity index (χ4v) is 1.89. The summed E-state index contributed by atoms with van der Waals surface area (Å²) in [6.45, 7) is 4.77. The molecule has 1 saturated heterocycles. The third-order valence-corrected chi connectivity index (χ3v) is 3.33. The number of hydrogen-bond acceptors (Lipinski definition) is 4. The summed E-state index contributed by atoms with van der Waals surface area (Å²) in [7, 11) is 0. The van der Waals surface area contributed by atoms with Gasteiger partial charge in [0.25, 0.3) is 0 Å². The Bertz CT molecular complexity index is 405. The van der Waals surface area contributed by atoms with Gasteiger partial charge < -0.3 is 22.6 Å². The third kappa shape index (κ3) is 3.09. The van der Waals surface area contributed by atoms with Gasteiger partial charge in [-0.1, -0.05) is 6.07 Å². The summed E-state index contributed by atoms with van der Waals surface area (Å²) in [6.07, 6.45) is 1.51. The van der Waals surface area contributed by atoms with Gasteiger partial charge in [0.15, 0.2) is 5.82 Å². The van der Waals surface area contributed by atoms with Gasteiger partial charge in [0.2, 0.25) is 0 Å². The summed E-state index contributed by atoms with van der Waals surface area (Å²) in [6, 6.07) is 1.47. The van der Waals surface area contributed by atoms with E-state index in [0.717, 1.165) is 0 Å². The molecular formula is C11H14FN2NaOS. The maximum absolute atomic E-state index is 13.6. The molecule has 17 heavy (non-hydrogen) atoms. The molecule has 1 aromatic heterocycles. The molecule has 0 bridgehead atoms. The number of anilines is 1. The monoisotopic (exact) mass is 264 g/mol. The minimum atomic E-state index is -0.724. The van der Waals surface area contributed by atoms with Gasteiger partial charge in [0, 0.05) is 25.2 Å². The quantitative estimate of drug-likeness (QED) is 0.512. The van der Waals surface area contributed by atoms with Crippen LogP contribution in [-0.4, -0.2) is 28.8 Å². The van der Waals surface area contributed by atoms with Gasteiger partial charge in [-0.25, -0.2) is 9.37 Å². The van der Waals surface area contributed by atoms with Crippen molar-refractivity contribution in [3.05, 3.63) is 18.1 Å². The fourth-order valence-electron chi connectivity index (χ4n) is 1.73. The van der Waals surface area contributed by atoms with E-state index in [2.05, 4.69) is 4.98 Å². The number of rotatable bonds is 2. The van der Waals surface area contributed by atoms with Crippen molar-refractivity contribution in [2.24, 2.45) is 5.92 Å². The fraction of sp³-hybridized carbons (Fsp3) is 0.545. The summed E-state index contributed by atoms with van der Waals surface area (Å²) >= 11 is 4.84. The van der Waals surface area contributed by atoms with E-state index in [1.54, 1.807) is 18.7 Å². The Balaban J connectivity index is 0.00000144. The second-order valence-corrected chi connectivity index (χ2v) is 5.14. The Morgan fingerprint density at radius 3 is 2.65 bits per heavy atom. The summed E-state index contributed by atoms with van der Waals surface area (Å²) in [5, 5.41) is 9.76. The maximum atomic E-state index is 13.6. The molecule has 0 aromatic carbocycles. The summed E-state index contributed by atoms with van der Waals surface area (Å²) < 4.78 is 13.6. The molecule has 0 radical (unpaired) electrons. The van der Waals surface area contributed by atoms with Gasteiger partial charge in [-0.05, 0) is 13.8 Å². The van der Waals surface area contributed by atoms with Crippen LogP contribution in [0.25, 0.3) is 0 Å². The molecule has 0 amide bonds. The Kier molecular flexibility index (Phi) is 4.77. The maximum Gasteiger partial charge on any atom is 1.00 e. The average molecular weight is 264 g/mol. The molecular weight excluding hydrogens is 250 g/mol. The van der Waals surface area contributed by atoms with E-state index in [0.29, 0.717) is 18.9 Å². The molecule has 88 valence electrons. The van der Waals surface area contributed by atoms with Crippen LogP contribution in [0.4, 0.5) is 10.2 Å². The Labute approximate surface area is 128 Å². The van der Waals surface area contributed by atoms with Crippen molar-refractivity contribution in [1.29, 1.82) is 0 Å². The van der Waals surface area contributed by atoms with Crippen molar-refractivity contribution in [1.82, 2.24) is 4.98 Å². The van der Waals surface area contributed by atoms with E-state index in [1.165, 1.54) is 12.3 Å². The van der Waals surface area contributed by atoms with Crippen molar-refractivity contribution in [3.63, 3.8) is 0 Å². The Hall–Kier alpha value is 0.0600. The Morgan fingerprint density at radius 2 is 2.12 bits per heavy atom. The van der Waals surface area contributed by atoms with Crippen LogP contribution in [-0.2, 0) is 12.6 Å². The number of hydrogen-bond donors (Lipinski definition) is 1. The van der Waals surface area contributed by atoms with Gasteiger partial charge >= 0.3 is 29.6 Å². The van der Waals surface area contributed by atoms with Gasteiger partial charge in [-0.3, -0.25) is 0 Å². The SMILES string of the molecule is CC(C)(O)C1CN(c2nccc([S-])c2F)C1.[Na+]. The molecule has 0 atom stereocenters. The first-order valence-electron chi connectivity index (χ1n) is 5.18. The molecule has 6 heteroatoms. The van der Waals surface area contributed by atoms with Crippen LogP contribution in [0, 0.1) is 11.7 Å². The van der Waals surface area contributed by atoms with E-state index < -0.39 is 11.4 Å². The average Bonchev–Trinajstić information content (AvgIpc) is 2.07. The zero-order chi connectivity index (χ0) is 11.9. The van der Waals surface area contributed by atoms with Gasteiger partial charge in [-0.15, -0.1) is 4.90 Å². The normalized spacial score (nSPS) is 16.4. The third-order valence-electron chi connectivity index (χ3n) is 3.02. The van der Waals surface area contributed by atoms with Gasteiger partial charge in [0.05, 0.1) is 5.60 Å². The van der Waals surface area contributed by atoms with E-state index in [-0.39, 0.29) is 40.4 Å². The molecule has 0 aliphatic carbocycles. The first kappa shape index (κ1) is 15.1.